The first-order chi connectivity index (χ1) is 7.75. The van der Waals surface area contributed by atoms with Gasteiger partial charge in [-0.25, -0.2) is 0 Å². The van der Waals surface area contributed by atoms with E-state index < -0.39 is 0 Å². The van der Waals surface area contributed by atoms with Crippen LogP contribution in [0.15, 0.2) is 53.7 Å². The Kier molecular flexibility index (Phi) is 3.62. The van der Waals surface area contributed by atoms with Gasteiger partial charge in [-0.1, -0.05) is 41.6 Å². The van der Waals surface area contributed by atoms with Crippen LogP contribution in [0.3, 0.4) is 0 Å². The lowest BCUT2D eigenvalue weighted by Crippen LogP contribution is -2.29. The topological polar surface area (TPSA) is 3.88 Å². The van der Waals surface area contributed by atoms with Crippen molar-refractivity contribution < 1.29 is 4.57 Å². The summed E-state index contributed by atoms with van der Waals surface area (Å²) in [4.78, 5) is 0. The average molecular weight is 230 g/mol. The minimum Gasteiger partial charge on any atom is -0.196 e. The second-order valence-electron chi connectivity index (χ2n) is 3.93. The zero-order valence-electron chi connectivity index (χ0n) is 9.68. The molecule has 0 aliphatic heterocycles. The number of hydrogen-bond acceptors (Lipinski definition) is 1. The Bertz CT molecular complexity index is 480. The van der Waals surface area contributed by atoms with E-state index >= 15 is 0 Å². The Hall–Kier alpha value is -1.28. The van der Waals surface area contributed by atoms with Crippen LogP contribution < -0.4 is 4.57 Å². The molecule has 0 bridgehead atoms. The highest BCUT2D eigenvalue weighted by atomic mass is 32.2. The lowest BCUT2D eigenvalue weighted by atomic mass is 10.2. The van der Waals surface area contributed by atoms with Crippen molar-refractivity contribution in [3.63, 3.8) is 0 Å². The van der Waals surface area contributed by atoms with Gasteiger partial charge >= 0.3 is 0 Å². The van der Waals surface area contributed by atoms with Crippen LogP contribution in [-0.2, 0) is 12.8 Å². The molecule has 2 rings (SSSR count). The van der Waals surface area contributed by atoms with Crippen molar-refractivity contribution in [1.29, 1.82) is 0 Å². The largest absolute Gasteiger partial charge is 0.240 e. The van der Waals surface area contributed by atoms with Gasteiger partial charge in [-0.05, 0) is 18.6 Å². The molecule has 0 aliphatic rings. The molecule has 0 atom stereocenters. The van der Waals surface area contributed by atoms with Gasteiger partial charge in [0, 0.05) is 17.9 Å². The van der Waals surface area contributed by atoms with Crippen molar-refractivity contribution in [3.05, 3.63) is 59.8 Å². The smallest absolute Gasteiger partial charge is 0.196 e. The summed E-state index contributed by atoms with van der Waals surface area (Å²) in [6.45, 7) is 2.14. The van der Waals surface area contributed by atoms with Crippen molar-refractivity contribution in [1.82, 2.24) is 0 Å². The molecule has 0 saturated carbocycles. The normalized spacial score (nSPS) is 10.4. The predicted molar refractivity (Wildman–Crippen MR) is 68.4 cm³/mol. The van der Waals surface area contributed by atoms with Crippen LogP contribution in [0, 0.1) is 6.92 Å². The van der Waals surface area contributed by atoms with Crippen LogP contribution in [0.5, 0.6) is 0 Å². The van der Waals surface area contributed by atoms with Gasteiger partial charge in [-0.15, -0.1) is 0 Å². The fourth-order valence-corrected chi connectivity index (χ4v) is 2.55. The van der Waals surface area contributed by atoms with E-state index in [0.717, 1.165) is 5.75 Å². The van der Waals surface area contributed by atoms with Crippen molar-refractivity contribution in [3.8, 4) is 0 Å². The number of hydrogen-bond donors (Lipinski definition) is 0. The molecule has 1 heterocycles. The molecule has 2 aromatic rings. The molecule has 0 unspecified atom stereocenters. The Morgan fingerprint density at radius 1 is 1.12 bits per heavy atom. The van der Waals surface area contributed by atoms with Gasteiger partial charge in [-0.2, -0.15) is 4.57 Å². The number of thioether (sulfide) groups is 1. The molecule has 0 fully saturated rings. The van der Waals surface area contributed by atoms with Crippen LogP contribution in [0.4, 0.5) is 0 Å². The minimum absolute atomic E-state index is 1.03. The second kappa shape index (κ2) is 5.17. The van der Waals surface area contributed by atoms with Gasteiger partial charge in [0.1, 0.15) is 7.05 Å². The maximum atomic E-state index is 2.25. The quantitative estimate of drug-likeness (QED) is 0.579. The van der Waals surface area contributed by atoms with Crippen molar-refractivity contribution in [2.24, 2.45) is 7.05 Å². The van der Waals surface area contributed by atoms with Crippen molar-refractivity contribution in [2.45, 2.75) is 17.7 Å². The number of nitrogens with zero attached hydrogens (tertiary/aromatic N) is 1. The van der Waals surface area contributed by atoms with Crippen LogP contribution in [0.2, 0.25) is 0 Å². The summed E-state index contributed by atoms with van der Waals surface area (Å²) in [7, 11) is 2.08. The third kappa shape index (κ3) is 2.86. The van der Waals surface area contributed by atoms with Crippen LogP contribution in [0.1, 0.15) is 11.1 Å². The molecule has 0 spiro atoms. The lowest BCUT2D eigenvalue weighted by Gasteiger charge is -2.01. The molecular weight excluding hydrogens is 214 g/mol. The Labute approximate surface area is 101 Å². The lowest BCUT2D eigenvalue weighted by molar-refractivity contribution is -0.708. The molecule has 1 aromatic carbocycles. The van der Waals surface area contributed by atoms with E-state index in [9.17, 15) is 0 Å². The molecule has 1 nitrogen and oxygen atoms in total. The van der Waals surface area contributed by atoms with Crippen LogP contribution in [-0.4, -0.2) is 0 Å². The molecule has 0 amide bonds. The first-order valence-electron chi connectivity index (χ1n) is 5.39. The zero-order chi connectivity index (χ0) is 11.4. The molecule has 0 radical (unpaired) electrons. The average Bonchev–Trinajstić information content (AvgIpc) is 2.28. The highest BCUT2D eigenvalue weighted by Crippen LogP contribution is 2.19. The fourth-order valence-electron chi connectivity index (χ4n) is 1.62. The highest BCUT2D eigenvalue weighted by Gasteiger charge is 2.05. The van der Waals surface area contributed by atoms with Crippen molar-refractivity contribution >= 4 is 11.8 Å². The maximum absolute atomic E-state index is 2.25. The fraction of sp³-hybridized carbons (Fsp3) is 0.214. The summed E-state index contributed by atoms with van der Waals surface area (Å²) in [6, 6.07) is 15.0. The summed E-state index contributed by atoms with van der Waals surface area (Å²) in [5.74, 6) is 1.03. The zero-order valence-corrected chi connectivity index (χ0v) is 10.5. The molecule has 1 aromatic heterocycles. The highest BCUT2D eigenvalue weighted by molar-refractivity contribution is 7.98. The first kappa shape index (κ1) is 11.2. The van der Waals surface area contributed by atoms with E-state index in [2.05, 4.69) is 67.2 Å². The summed E-state index contributed by atoms with van der Waals surface area (Å²) >= 11 is 1.87. The van der Waals surface area contributed by atoms with Gasteiger partial charge in [-0.3, -0.25) is 0 Å². The predicted octanol–water partition coefficient (Wildman–Crippen LogP) is 3.11. The molecule has 0 saturated heterocycles. The standard InChI is InChI=1S/C14H16NS/c1-12-6-5-7-13(10-12)11-16-14-8-3-4-9-15(14)2/h3-10H,11H2,1-2H3/q+1. The summed E-state index contributed by atoms with van der Waals surface area (Å²) in [5, 5.41) is 1.30. The third-order valence-electron chi connectivity index (χ3n) is 2.48. The number of pyridine rings is 1. The second-order valence-corrected chi connectivity index (χ2v) is 4.92. The number of aromatic nitrogens is 1. The Balaban J connectivity index is 2.05. The van der Waals surface area contributed by atoms with E-state index in [1.807, 2.05) is 11.8 Å². The first-order valence-corrected chi connectivity index (χ1v) is 6.37. The van der Waals surface area contributed by atoms with Gasteiger partial charge in [0.25, 0.3) is 0 Å². The van der Waals surface area contributed by atoms with Gasteiger partial charge in [0.2, 0.25) is 5.03 Å². The molecule has 82 valence electrons. The number of rotatable bonds is 3. The van der Waals surface area contributed by atoms with E-state index in [1.54, 1.807) is 0 Å². The molecular formula is C14H16NS+. The van der Waals surface area contributed by atoms with Crippen LogP contribution in [0.25, 0.3) is 0 Å². The molecule has 0 aliphatic carbocycles. The van der Waals surface area contributed by atoms with E-state index in [1.165, 1.54) is 16.2 Å². The molecule has 2 heteroatoms. The van der Waals surface area contributed by atoms with Crippen LogP contribution >= 0.6 is 11.8 Å². The minimum atomic E-state index is 1.03. The number of aryl methyl sites for hydroxylation is 2. The Morgan fingerprint density at radius 2 is 2.00 bits per heavy atom. The van der Waals surface area contributed by atoms with Gasteiger partial charge in [0.15, 0.2) is 6.20 Å². The van der Waals surface area contributed by atoms with E-state index in [4.69, 9.17) is 0 Å². The van der Waals surface area contributed by atoms with Crippen molar-refractivity contribution in [2.75, 3.05) is 0 Å². The number of benzene rings is 1. The van der Waals surface area contributed by atoms with E-state index in [-0.39, 0.29) is 0 Å². The Morgan fingerprint density at radius 3 is 2.75 bits per heavy atom. The molecule has 0 N–H and O–H groups in total. The maximum Gasteiger partial charge on any atom is 0.240 e. The van der Waals surface area contributed by atoms with Gasteiger partial charge < -0.3 is 0 Å². The SMILES string of the molecule is Cc1cccc(CSc2cccc[n+]2C)c1. The summed E-state index contributed by atoms with van der Waals surface area (Å²) in [6.07, 6.45) is 2.08. The summed E-state index contributed by atoms with van der Waals surface area (Å²) in [5.41, 5.74) is 2.71. The summed E-state index contributed by atoms with van der Waals surface area (Å²) < 4.78 is 2.15. The monoisotopic (exact) mass is 230 g/mol. The van der Waals surface area contributed by atoms with E-state index in [0.29, 0.717) is 0 Å². The molecule has 16 heavy (non-hydrogen) atoms. The van der Waals surface area contributed by atoms with Gasteiger partial charge in [0.05, 0.1) is 0 Å². The third-order valence-corrected chi connectivity index (χ3v) is 3.67.